The van der Waals surface area contributed by atoms with Crippen LogP contribution < -0.4 is 14.8 Å². The second-order valence-corrected chi connectivity index (χ2v) is 5.44. The maximum absolute atomic E-state index is 12.0. The van der Waals surface area contributed by atoms with Gasteiger partial charge in [-0.3, -0.25) is 4.79 Å². The lowest BCUT2D eigenvalue weighted by Crippen LogP contribution is -2.18. The van der Waals surface area contributed by atoms with Crippen LogP contribution in [-0.2, 0) is 9.53 Å². The number of carbonyl (C=O) groups excluding carboxylic acids is 2. The van der Waals surface area contributed by atoms with E-state index < -0.39 is 5.97 Å². The summed E-state index contributed by atoms with van der Waals surface area (Å²) >= 11 is 0. The van der Waals surface area contributed by atoms with Gasteiger partial charge in [-0.15, -0.1) is 0 Å². The largest absolute Gasteiger partial charge is 0.493 e. The summed E-state index contributed by atoms with van der Waals surface area (Å²) in [5.74, 6) is 0.134. The van der Waals surface area contributed by atoms with E-state index in [1.165, 1.54) is 14.2 Å². The van der Waals surface area contributed by atoms with Crippen LogP contribution in [0.15, 0.2) is 12.1 Å². The molecule has 0 atom stereocenters. The number of ether oxygens (including phenoxy) is 3. The van der Waals surface area contributed by atoms with E-state index in [-0.39, 0.29) is 17.6 Å². The van der Waals surface area contributed by atoms with E-state index in [1.807, 2.05) is 0 Å². The molecular weight excluding hydrogens is 298 g/mol. The van der Waals surface area contributed by atoms with Gasteiger partial charge in [0.2, 0.25) is 5.91 Å². The van der Waals surface area contributed by atoms with Gasteiger partial charge in [0.15, 0.2) is 11.5 Å². The Bertz CT molecular complexity index is 579. The average molecular weight is 321 g/mol. The van der Waals surface area contributed by atoms with E-state index >= 15 is 0 Å². The summed E-state index contributed by atoms with van der Waals surface area (Å²) < 4.78 is 16.2. The van der Waals surface area contributed by atoms with E-state index in [1.54, 1.807) is 19.1 Å². The molecule has 1 amide bonds. The van der Waals surface area contributed by atoms with Crippen molar-refractivity contribution >= 4 is 17.6 Å². The average Bonchev–Trinajstić information content (AvgIpc) is 3.08. The fourth-order valence-electron chi connectivity index (χ4n) is 2.65. The third kappa shape index (κ3) is 3.94. The molecule has 1 saturated carbocycles. The summed E-state index contributed by atoms with van der Waals surface area (Å²) in [6, 6.07) is 3.22. The van der Waals surface area contributed by atoms with E-state index in [9.17, 15) is 9.59 Å². The van der Waals surface area contributed by atoms with Crippen molar-refractivity contribution < 1.29 is 23.8 Å². The molecule has 1 N–H and O–H groups in total. The van der Waals surface area contributed by atoms with Gasteiger partial charge in [0.05, 0.1) is 25.9 Å². The van der Waals surface area contributed by atoms with Crippen LogP contribution in [0.3, 0.4) is 0 Å². The Morgan fingerprint density at radius 3 is 2.48 bits per heavy atom. The highest BCUT2D eigenvalue weighted by Crippen LogP contribution is 2.41. The molecule has 0 spiro atoms. The number of amides is 1. The molecule has 0 radical (unpaired) electrons. The highest BCUT2D eigenvalue weighted by atomic mass is 16.5. The highest BCUT2D eigenvalue weighted by molar-refractivity contribution is 6.03. The van der Waals surface area contributed by atoms with Crippen LogP contribution in [0.4, 0.5) is 5.69 Å². The van der Waals surface area contributed by atoms with Crippen molar-refractivity contribution in [1.29, 1.82) is 0 Å². The molecule has 126 valence electrons. The van der Waals surface area contributed by atoms with Crippen LogP contribution >= 0.6 is 0 Å². The summed E-state index contributed by atoms with van der Waals surface area (Å²) in [4.78, 5) is 23.9. The summed E-state index contributed by atoms with van der Waals surface area (Å²) in [7, 11) is 2.83. The first-order chi connectivity index (χ1) is 11.1. The SMILES string of the molecule is CCC(=O)Nc1c(C(=O)OC)ccc(OC)c1OC1CCCC1. The molecule has 6 heteroatoms. The molecule has 1 aromatic carbocycles. The minimum Gasteiger partial charge on any atom is -0.493 e. The molecule has 0 unspecified atom stereocenters. The fraction of sp³-hybridized carbons (Fsp3) is 0.529. The quantitative estimate of drug-likeness (QED) is 0.815. The Hall–Kier alpha value is -2.24. The minimum atomic E-state index is -0.532. The smallest absolute Gasteiger partial charge is 0.340 e. The summed E-state index contributed by atoms with van der Waals surface area (Å²) in [6.07, 6.45) is 4.48. The van der Waals surface area contributed by atoms with Gasteiger partial charge in [-0.1, -0.05) is 6.92 Å². The first-order valence-electron chi connectivity index (χ1n) is 7.86. The number of benzene rings is 1. The maximum atomic E-state index is 12.0. The molecule has 0 saturated heterocycles. The Morgan fingerprint density at radius 2 is 1.91 bits per heavy atom. The van der Waals surface area contributed by atoms with Crippen LogP contribution in [-0.4, -0.2) is 32.2 Å². The van der Waals surface area contributed by atoms with Gasteiger partial charge in [-0.05, 0) is 37.8 Å². The van der Waals surface area contributed by atoms with E-state index in [0.29, 0.717) is 23.6 Å². The topological polar surface area (TPSA) is 73.9 Å². The predicted molar refractivity (Wildman–Crippen MR) is 86.1 cm³/mol. The zero-order chi connectivity index (χ0) is 16.8. The van der Waals surface area contributed by atoms with Crippen LogP contribution in [0.25, 0.3) is 0 Å². The molecule has 1 fully saturated rings. The van der Waals surface area contributed by atoms with Crippen molar-refractivity contribution in [3.8, 4) is 11.5 Å². The Kier molecular flexibility index (Phi) is 5.84. The van der Waals surface area contributed by atoms with Crippen LogP contribution in [0.1, 0.15) is 49.4 Å². The second-order valence-electron chi connectivity index (χ2n) is 5.44. The highest BCUT2D eigenvalue weighted by Gasteiger charge is 2.25. The van der Waals surface area contributed by atoms with Crippen molar-refractivity contribution in [3.63, 3.8) is 0 Å². The van der Waals surface area contributed by atoms with Gasteiger partial charge in [0.1, 0.15) is 5.69 Å². The zero-order valence-corrected chi connectivity index (χ0v) is 13.8. The molecule has 0 aromatic heterocycles. The van der Waals surface area contributed by atoms with Crippen molar-refractivity contribution in [3.05, 3.63) is 17.7 Å². The van der Waals surface area contributed by atoms with Crippen molar-refractivity contribution in [2.45, 2.75) is 45.1 Å². The van der Waals surface area contributed by atoms with E-state index in [2.05, 4.69) is 5.32 Å². The first kappa shape index (κ1) is 17.1. The minimum absolute atomic E-state index is 0.0640. The monoisotopic (exact) mass is 321 g/mol. The van der Waals surface area contributed by atoms with Crippen molar-refractivity contribution in [1.82, 2.24) is 0 Å². The number of nitrogens with one attached hydrogen (secondary N) is 1. The number of rotatable bonds is 6. The second kappa shape index (κ2) is 7.85. The number of esters is 1. The van der Waals surface area contributed by atoms with Crippen LogP contribution in [0.2, 0.25) is 0 Å². The molecule has 6 nitrogen and oxygen atoms in total. The first-order valence-corrected chi connectivity index (χ1v) is 7.86. The summed E-state index contributed by atoms with van der Waals surface area (Å²) in [5, 5.41) is 2.75. The normalized spacial score (nSPS) is 14.4. The Labute approximate surface area is 136 Å². The van der Waals surface area contributed by atoms with Gasteiger partial charge in [0.25, 0.3) is 0 Å². The molecule has 0 bridgehead atoms. The van der Waals surface area contributed by atoms with Gasteiger partial charge in [-0.25, -0.2) is 4.79 Å². The predicted octanol–water partition coefficient (Wildman–Crippen LogP) is 3.15. The van der Waals surface area contributed by atoms with Gasteiger partial charge in [0, 0.05) is 6.42 Å². The van der Waals surface area contributed by atoms with Gasteiger partial charge < -0.3 is 19.5 Å². The Morgan fingerprint density at radius 1 is 1.22 bits per heavy atom. The third-order valence-electron chi connectivity index (χ3n) is 3.92. The molecule has 1 aromatic rings. The number of anilines is 1. The zero-order valence-electron chi connectivity index (χ0n) is 13.8. The maximum Gasteiger partial charge on any atom is 0.340 e. The number of hydrogen-bond donors (Lipinski definition) is 1. The molecule has 2 rings (SSSR count). The lowest BCUT2D eigenvalue weighted by molar-refractivity contribution is -0.115. The molecule has 1 aliphatic carbocycles. The molecule has 0 aliphatic heterocycles. The fourth-order valence-corrected chi connectivity index (χ4v) is 2.65. The van der Waals surface area contributed by atoms with E-state index in [0.717, 1.165) is 25.7 Å². The molecule has 1 aliphatic rings. The summed E-state index contributed by atoms with van der Waals surface area (Å²) in [6.45, 7) is 1.74. The number of carbonyl (C=O) groups is 2. The lowest BCUT2D eigenvalue weighted by atomic mass is 10.1. The molecule has 0 heterocycles. The standard InChI is InChI=1S/C17H23NO5/c1-4-14(19)18-15-12(17(20)22-3)9-10-13(21-2)16(15)23-11-7-5-6-8-11/h9-11H,4-8H2,1-3H3,(H,18,19). The molecule has 23 heavy (non-hydrogen) atoms. The van der Waals surface area contributed by atoms with Crippen molar-refractivity contribution in [2.75, 3.05) is 19.5 Å². The Balaban J connectivity index is 2.47. The number of methoxy groups -OCH3 is 2. The molecular formula is C17H23NO5. The summed E-state index contributed by atoms with van der Waals surface area (Å²) in [5.41, 5.74) is 0.568. The van der Waals surface area contributed by atoms with Crippen molar-refractivity contribution in [2.24, 2.45) is 0 Å². The van der Waals surface area contributed by atoms with Crippen LogP contribution in [0.5, 0.6) is 11.5 Å². The van der Waals surface area contributed by atoms with Crippen LogP contribution in [0, 0.1) is 0 Å². The van der Waals surface area contributed by atoms with Gasteiger partial charge in [-0.2, -0.15) is 0 Å². The lowest BCUT2D eigenvalue weighted by Gasteiger charge is -2.21. The third-order valence-corrected chi connectivity index (χ3v) is 3.92. The number of hydrogen-bond acceptors (Lipinski definition) is 5. The van der Waals surface area contributed by atoms with Gasteiger partial charge >= 0.3 is 5.97 Å². The van der Waals surface area contributed by atoms with E-state index in [4.69, 9.17) is 14.2 Å².